The van der Waals surface area contributed by atoms with Crippen LogP contribution in [0, 0.1) is 0 Å². The maximum atomic E-state index is 10.0. The van der Waals surface area contributed by atoms with Crippen molar-refractivity contribution >= 4 is 40.8 Å². The summed E-state index contributed by atoms with van der Waals surface area (Å²) in [6.07, 6.45) is 2.03. The molecule has 1 heterocycles. The van der Waals surface area contributed by atoms with Crippen molar-refractivity contribution in [2.75, 3.05) is 19.6 Å². The molecule has 0 radical (unpaired) electrons. The van der Waals surface area contributed by atoms with Crippen LogP contribution in [0.4, 0.5) is 5.69 Å². The van der Waals surface area contributed by atoms with Crippen LogP contribution in [0.25, 0.3) is 0 Å². The molecule has 24 heavy (non-hydrogen) atoms. The Morgan fingerprint density at radius 2 is 2.04 bits per heavy atom. The van der Waals surface area contributed by atoms with Gasteiger partial charge < -0.3 is 26.7 Å². The molecule has 134 valence electrons. The Balaban J connectivity index is 0.000000257. The first-order chi connectivity index (χ1) is 11.5. The SMILES string of the molecule is Clc1cccc(Cl)c1[NH2+]C1=NCCN1.NCCCC[C@H](N)C(=O)[O-]. The van der Waals surface area contributed by atoms with Crippen molar-refractivity contribution in [3.63, 3.8) is 0 Å². The first kappa shape index (κ1) is 20.7. The number of halogens is 2. The first-order valence-electron chi connectivity index (χ1n) is 7.69. The van der Waals surface area contributed by atoms with Gasteiger partial charge in [0.05, 0.1) is 12.5 Å². The molecule has 7 nitrogen and oxygen atoms in total. The van der Waals surface area contributed by atoms with Crippen molar-refractivity contribution < 1.29 is 15.2 Å². The normalized spacial score (nSPS) is 14.2. The summed E-state index contributed by atoms with van der Waals surface area (Å²) in [5, 5.41) is 16.3. The van der Waals surface area contributed by atoms with E-state index in [0.717, 1.165) is 37.6 Å². The van der Waals surface area contributed by atoms with Crippen LogP contribution in [0.1, 0.15) is 19.3 Å². The van der Waals surface area contributed by atoms with E-state index in [2.05, 4.69) is 10.3 Å². The lowest BCUT2D eigenvalue weighted by atomic mass is 10.1. The number of carboxylic acids is 1. The van der Waals surface area contributed by atoms with Crippen LogP contribution in [-0.4, -0.2) is 37.6 Å². The molecule has 0 fully saturated rings. The highest BCUT2D eigenvalue weighted by molar-refractivity contribution is 6.38. The molecule has 0 unspecified atom stereocenters. The summed E-state index contributed by atoms with van der Waals surface area (Å²) in [7, 11) is 0. The molecule has 0 amide bonds. The monoisotopic (exact) mass is 375 g/mol. The summed E-state index contributed by atoms with van der Waals surface area (Å²) >= 11 is 12.0. The van der Waals surface area contributed by atoms with E-state index in [1.165, 1.54) is 0 Å². The van der Waals surface area contributed by atoms with Gasteiger partial charge in [-0.15, -0.1) is 0 Å². The van der Waals surface area contributed by atoms with E-state index in [1.807, 2.05) is 23.5 Å². The van der Waals surface area contributed by atoms with Crippen LogP contribution in [0.3, 0.4) is 0 Å². The number of aliphatic imine (C=N–C) groups is 1. The number of carbonyl (C=O) groups excluding carboxylic acids is 1. The third-order valence-corrected chi connectivity index (χ3v) is 3.91. The fourth-order valence-electron chi connectivity index (χ4n) is 1.92. The first-order valence-corrected chi connectivity index (χ1v) is 8.45. The summed E-state index contributed by atoms with van der Waals surface area (Å²) in [5.41, 5.74) is 11.2. The Labute approximate surface area is 151 Å². The number of hydrogen-bond donors (Lipinski definition) is 4. The van der Waals surface area contributed by atoms with Crippen LogP contribution in [-0.2, 0) is 4.79 Å². The number of nitrogens with one attached hydrogen (secondary N) is 1. The van der Waals surface area contributed by atoms with Crippen LogP contribution in [0.5, 0.6) is 0 Å². The van der Waals surface area contributed by atoms with Gasteiger partial charge in [0.1, 0.15) is 10.0 Å². The quantitative estimate of drug-likeness (QED) is 0.386. The number of carboxylic acid groups (broad SMARTS) is 1. The Morgan fingerprint density at radius 1 is 1.38 bits per heavy atom. The number of aliphatic carboxylic acids is 1. The average Bonchev–Trinajstić information content (AvgIpc) is 3.05. The Hall–Kier alpha value is -1.38. The van der Waals surface area contributed by atoms with Gasteiger partial charge in [0.2, 0.25) is 0 Å². The van der Waals surface area contributed by atoms with Gasteiger partial charge in [-0.1, -0.05) is 35.7 Å². The molecular weight excluding hydrogens is 353 g/mol. The predicted molar refractivity (Wildman–Crippen MR) is 94.2 cm³/mol. The molecule has 1 aliphatic heterocycles. The predicted octanol–water partition coefficient (Wildman–Crippen LogP) is -0.660. The highest BCUT2D eigenvalue weighted by Crippen LogP contribution is 2.25. The van der Waals surface area contributed by atoms with Gasteiger partial charge in [0.25, 0.3) is 5.96 Å². The average molecular weight is 376 g/mol. The van der Waals surface area contributed by atoms with Gasteiger partial charge in [0, 0.05) is 12.6 Å². The van der Waals surface area contributed by atoms with E-state index in [0.29, 0.717) is 23.0 Å². The summed E-state index contributed by atoms with van der Waals surface area (Å²) in [5.74, 6) is -0.336. The summed E-state index contributed by atoms with van der Waals surface area (Å²) in [6.45, 7) is 2.28. The van der Waals surface area contributed by atoms with Crippen molar-refractivity contribution in [2.45, 2.75) is 25.3 Å². The highest BCUT2D eigenvalue weighted by atomic mass is 35.5. The molecule has 7 N–H and O–H groups in total. The summed E-state index contributed by atoms with van der Waals surface area (Å²) in [6, 6.07) is 4.63. The molecule has 0 bridgehead atoms. The third-order valence-electron chi connectivity index (χ3n) is 3.25. The molecular formula is C15H23Cl2N5O2. The molecule has 0 aliphatic carbocycles. The van der Waals surface area contributed by atoms with Gasteiger partial charge in [-0.3, -0.25) is 0 Å². The van der Waals surface area contributed by atoms with E-state index in [9.17, 15) is 9.90 Å². The molecule has 0 aromatic heterocycles. The second-order valence-electron chi connectivity index (χ2n) is 5.18. The standard InChI is InChI=1S/C9H9Cl2N3.C6H14N2O2/c10-6-2-1-3-7(11)8(6)14-9-12-4-5-13-9;7-4-2-1-3-5(8)6(9)10/h1-3H,4-5H2,(H2,12,13,14);5H,1-4,7-8H2,(H,9,10)/t;5-/m.0/s1. The lowest BCUT2D eigenvalue weighted by Crippen LogP contribution is -2.85. The molecule has 1 atom stereocenters. The van der Waals surface area contributed by atoms with Gasteiger partial charge in [-0.05, 0) is 31.5 Å². The lowest BCUT2D eigenvalue weighted by Gasteiger charge is -2.10. The number of guanidine groups is 1. The van der Waals surface area contributed by atoms with Crippen molar-refractivity contribution in [3.05, 3.63) is 28.2 Å². The number of rotatable bonds is 6. The number of nitrogens with two attached hydrogens (primary N) is 3. The van der Waals surface area contributed by atoms with Crippen molar-refractivity contribution in [1.82, 2.24) is 5.32 Å². The van der Waals surface area contributed by atoms with E-state index in [-0.39, 0.29) is 0 Å². The van der Waals surface area contributed by atoms with Gasteiger partial charge in [-0.2, -0.15) is 0 Å². The molecule has 9 heteroatoms. The molecule has 1 aliphatic rings. The molecule has 1 aromatic carbocycles. The van der Waals surface area contributed by atoms with Crippen molar-refractivity contribution in [2.24, 2.45) is 16.5 Å². The largest absolute Gasteiger partial charge is 0.548 e. The third kappa shape index (κ3) is 7.46. The second-order valence-corrected chi connectivity index (χ2v) is 6.00. The number of unbranched alkanes of at least 4 members (excludes halogenated alkanes) is 1. The van der Waals surface area contributed by atoms with Crippen molar-refractivity contribution in [1.29, 1.82) is 0 Å². The zero-order chi connectivity index (χ0) is 17.9. The number of nitrogens with zero attached hydrogens (tertiary/aromatic N) is 1. The maximum Gasteiger partial charge on any atom is 0.299 e. The summed E-state index contributed by atoms with van der Waals surface area (Å²) < 4.78 is 0. The Bertz CT molecular complexity index is 549. The minimum Gasteiger partial charge on any atom is -0.548 e. The van der Waals surface area contributed by atoms with Crippen molar-refractivity contribution in [3.8, 4) is 0 Å². The van der Waals surface area contributed by atoms with E-state index < -0.39 is 12.0 Å². The number of hydrogen-bond acceptors (Lipinski definition) is 6. The number of benzene rings is 1. The van der Waals surface area contributed by atoms with Gasteiger partial charge in [0.15, 0.2) is 5.69 Å². The molecule has 1 aromatic rings. The van der Waals surface area contributed by atoms with Gasteiger partial charge >= 0.3 is 0 Å². The van der Waals surface area contributed by atoms with Crippen LogP contribution < -0.4 is 27.2 Å². The Morgan fingerprint density at radius 3 is 2.54 bits per heavy atom. The number of carbonyl (C=O) groups is 1. The zero-order valence-electron chi connectivity index (χ0n) is 13.3. The smallest absolute Gasteiger partial charge is 0.299 e. The maximum absolute atomic E-state index is 10.0. The minimum absolute atomic E-state index is 0.458. The molecule has 0 saturated carbocycles. The minimum atomic E-state index is -1.18. The van der Waals surface area contributed by atoms with Crippen LogP contribution >= 0.6 is 23.2 Å². The topological polar surface area (TPSA) is 133 Å². The van der Waals surface area contributed by atoms with Gasteiger partial charge in [-0.25, -0.2) is 10.3 Å². The highest BCUT2D eigenvalue weighted by Gasteiger charge is 2.15. The molecule has 0 saturated heterocycles. The number of quaternary nitrogens is 1. The number of para-hydroxylation sites is 1. The van der Waals surface area contributed by atoms with E-state index >= 15 is 0 Å². The fraction of sp³-hybridized carbons (Fsp3) is 0.467. The fourth-order valence-corrected chi connectivity index (χ4v) is 2.43. The second kappa shape index (κ2) is 11.2. The lowest BCUT2D eigenvalue weighted by molar-refractivity contribution is -0.447. The summed E-state index contributed by atoms with van der Waals surface area (Å²) in [4.78, 5) is 14.3. The van der Waals surface area contributed by atoms with Crippen LogP contribution in [0.2, 0.25) is 10.0 Å². The van der Waals surface area contributed by atoms with Crippen LogP contribution in [0.15, 0.2) is 23.2 Å². The Kier molecular flexibility index (Phi) is 9.66. The molecule has 0 spiro atoms. The zero-order valence-corrected chi connectivity index (χ0v) is 14.8. The molecule has 2 rings (SSSR count). The van der Waals surface area contributed by atoms with E-state index in [1.54, 1.807) is 0 Å². The van der Waals surface area contributed by atoms with E-state index in [4.69, 9.17) is 34.7 Å².